The lowest BCUT2D eigenvalue weighted by atomic mass is 9.72. The molecule has 6 rings (SSSR count). The number of ether oxygens (including phenoxy) is 4. The Morgan fingerprint density at radius 1 is 0.756 bits per heavy atom. The van der Waals surface area contributed by atoms with Crippen molar-refractivity contribution >= 4 is 11.6 Å². The van der Waals surface area contributed by atoms with Crippen LogP contribution in [0.3, 0.4) is 0 Å². The van der Waals surface area contributed by atoms with Crippen molar-refractivity contribution in [1.29, 1.82) is 0 Å². The number of Topliss-reactive ketones (excluding diaryl/α,β-unsaturated/α-hetero) is 1. The molecule has 0 amide bonds. The third-order valence-electron chi connectivity index (χ3n) is 7.81. The van der Waals surface area contributed by atoms with E-state index in [0.29, 0.717) is 59.4 Å². The number of allylic oxidation sites excluding steroid dienone is 2. The number of H-pyrrole nitrogens is 2. The van der Waals surface area contributed by atoms with Crippen LogP contribution in [0.25, 0.3) is 0 Å². The smallest absolute Gasteiger partial charge is 0.270 e. The van der Waals surface area contributed by atoms with Crippen LogP contribution in [0, 0.1) is 0 Å². The molecule has 9 heteroatoms. The zero-order valence-corrected chi connectivity index (χ0v) is 23.1. The van der Waals surface area contributed by atoms with Crippen LogP contribution in [-0.2, 0) is 11.4 Å². The predicted molar refractivity (Wildman–Crippen MR) is 154 cm³/mol. The highest BCUT2D eigenvalue weighted by Gasteiger charge is 2.41. The summed E-state index contributed by atoms with van der Waals surface area (Å²) in [4.78, 5) is 26.8. The predicted octanol–water partition coefficient (Wildman–Crippen LogP) is 5.27. The number of nitrogens with one attached hydrogen (secondary N) is 3. The Hall–Kier alpha value is -4.92. The summed E-state index contributed by atoms with van der Waals surface area (Å²) >= 11 is 0. The van der Waals surface area contributed by atoms with Crippen molar-refractivity contribution in [3.8, 4) is 23.0 Å². The number of carbonyl (C=O) groups excluding carboxylic acids is 1. The van der Waals surface area contributed by atoms with Gasteiger partial charge < -0.3 is 24.3 Å². The first-order chi connectivity index (χ1) is 20.0. The molecule has 3 N–H and O–H groups in total. The van der Waals surface area contributed by atoms with Crippen molar-refractivity contribution < 1.29 is 23.7 Å². The van der Waals surface area contributed by atoms with Crippen LogP contribution in [0.2, 0.25) is 0 Å². The van der Waals surface area contributed by atoms with Gasteiger partial charge in [0.15, 0.2) is 28.8 Å². The van der Waals surface area contributed by atoms with E-state index in [1.807, 2.05) is 66.7 Å². The van der Waals surface area contributed by atoms with Gasteiger partial charge in [-0.3, -0.25) is 19.8 Å². The largest absolute Gasteiger partial charge is 0.493 e. The van der Waals surface area contributed by atoms with E-state index >= 15 is 0 Å². The molecule has 0 spiro atoms. The normalized spacial score (nSPS) is 17.8. The topological polar surface area (TPSA) is 115 Å². The van der Waals surface area contributed by atoms with Gasteiger partial charge in [-0.1, -0.05) is 42.5 Å². The molecule has 2 unspecified atom stereocenters. The molecule has 3 aromatic carbocycles. The van der Waals surface area contributed by atoms with Crippen molar-refractivity contribution in [3.63, 3.8) is 0 Å². The second-order valence-electron chi connectivity index (χ2n) is 10.1. The third-order valence-corrected chi connectivity index (χ3v) is 7.81. The van der Waals surface area contributed by atoms with Gasteiger partial charge in [0.05, 0.1) is 26.9 Å². The monoisotopic (exact) mass is 553 g/mol. The third kappa shape index (κ3) is 4.84. The standard InChI is InChI=1S/C32H31N3O6/c1-38-24-11-9-19(15-26(24)39-2)21-13-22-29(23(36)14-21)28(30-31(33-22)34-35-32(30)37)20-10-12-25(27(16-20)40-3)41-17-18-7-5-4-6-8-18/h4-12,15-16,21,28H,13-14,17H2,1-3H3,(H3,33,34,35,37). The Bertz CT molecular complexity index is 1690. The maximum Gasteiger partial charge on any atom is 0.270 e. The molecule has 9 nitrogen and oxygen atoms in total. The summed E-state index contributed by atoms with van der Waals surface area (Å²) in [5, 5.41) is 8.98. The van der Waals surface area contributed by atoms with Gasteiger partial charge in [0.1, 0.15) is 12.4 Å². The number of hydrogen-bond acceptors (Lipinski definition) is 7. The van der Waals surface area contributed by atoms with Crippen LogP contribution in [0.4, 0.5) is 5.82 Å². The second kappa shape index (κ2) is 10.9. The van der Waals surface area contributed by atoms with Crippen molar-refractivity contribution in [1.82, 2.24) is 10.2 Å². The minimum Gasteiger partial charge on any atom is -0.493 e. The van der Waals surface area contributed by atoms with Crippen LogP contribution in [0.1, 0.15) is 46.9 Å². The summed E-state index contributed by atoms with van der Waals surface area (Å²) in [6.45, 7) is 0.386. The Balaban J connectivity index is 1.36. The maximum absolute atomic E-state index is 13.9. The van der Waals surface area contributed by atoms with Crippen LogP contribution in [0.15, 0.2) is 82.8 Å². The molecule has 1 aliphatic carbocycles. The number of anilines is 1. The molecular weight excluding hydrogens is 522 g/mol. The summed E-state index contributed by atoms with van der Waals surface area (Å²) in [7, 11) is 4.77. The van der Waals surface area contributed by atoms with Crippen LogP contribution in [-0.4, -0.2) is 37.3 Å². The molecular formula is C32H31N3O6. The van der Waals surface area contributed by atoms with E-state index < -0.39 is 5.92 Å². The van der Waals surface area contributed by atoms with Crippen molar-refractivity contribution in [2.75, 3.05) is 26.6 Å². The zero-order valence-electron chi connectivity index (χ0n) is 23.1. The van der Waals surface area contributed by atoms with Gasteiger partial charge in [0, 0.05) is 23.6 Å². The average Bonchev–Trinajstić information content (AvgIpc) is 3.38. The minimum atomic E-state index is -0.563. The highest BCUT2D eigenvalue weighted by molar-refractivity contribution is 6.01. The molecule has 0 saturated heterocycles. The SMILES string of the molecule is COc1ccc(C2CC(=O)C3=C(C2)Nc2[nH][nH]c(=O)c2C3c2ccc(OCc3ccccc3)c(OC)c2)cc1OC. The van der Waals surface area contributed by atoms with Crippen molar-refractivity contribution in [2.24, 2.45) is 0 Å². The number of methoxy groups -OCH3 is 3. The molecule has 0 fully saturated rings. The molecule has 0 radical (unpaired) electrons. The molecule has 0 saturated carbocycles. The lowest BCUT2D eigenvalue weighted by Crippen LogP contribution is -2.31. The number of carbonyl (C=O) groups is 1. The lowest BCUT2D eigenvalue weighted by molar-refractivity contribution is -0.116. The van der Waals surface area contributed by atoms with Gasteiger partial charge in [0.2, 0.25) is 0 Å². The first kappa shape index (κ1) is 26.3. The molecule has 2 heterocycles. The van der Waals surface area contributed by atoms with E-state index in [1.54, 1.807) is 21.3 Å². The molecule has 4 aromatic rings. The minimum absolute atomic E-state index is 0.0156. The average molecular weight is 554 g/mol. The number of aromatic amines is 2. The zero-order chi connectivity index (χ0) is 28.5. The van der Waals surface area contributed by atoms with E-state index in [2.05, 4.69) is 15.5 Å². The highest BCUT2D eigenvalue weighted by atomic mass is 16.5. The van der Waals surface area contributed by atoms with E-state index in [4.69, 9.17) is 18.9 Å². The van der Waals surface area contributed by atoms with Crippen molar-refractivity contribution in [3.05, 3.63) is 111 Å². The molecule has 210 valence electrons. The Morgan fingerprint density at radius 2 is 1.44 bits per heavy atom. The van der Waals surface area contributed by atoms with Gasteiger partial charge in [-0.05, 0) is 53.3 Å². The molecule has 2 atom stereocenters. The number of ketones is 1. The Labute approximate surface area is 237 Å². The van der Waals surface area contributed by atoms with Crippen molar-refractivity contribution in [2.45, 2.75) is 31.3 Å². The Morgan fingerprint density at radius 3 is 2.20 bits per heavy atom. The van der Waals surface area contributed by atoms with Crippen LogP contribution in [0.5, 0.6) is 23.0 Å². The lowest BCUT2D eigenvalue weighted by Gasteiger charge is -2.34. The van der Waals surface area contributed by atoms with Gasteiger partial charge in [-0.15, -0.1) is 0 Å². The molecule has 41 heavy (non-hydrogen) atoms. The van der Waals surface area contributed by atoms with Gasteiger partial charge in [-0.2, -0.15) is 0 Å². The first-order valence-corrected chi connectivity index (χ1v) is 13.4. The molecule has 1 aromatic heterocycles. The highest BCUT2D eigenvalue weighted by Crippen LogP contribution is 2.48. The van der Waals surface area contributed by atoms with Crippen LogP contribution < -0.4 is 29.8 Å². The number of fused-ring (bicyclic) bond motifs is 1. The molecule has 1 aliphatic heterocycles. The van der Waals surface area contributed by atoms with Gasteiger partial charge in [-0.25, -0.2) is 0 Å². The van der Waals surface area contributed by atoms with E-state index in [-0.39, 0.29) is 17.3 Å². The summed E-state index contributed by atoms with van der Waals surface area (Å²) in [6, 6.07) is 21.2. The molecule has 0 bridgehead atoms. The number of rotatable bonds is 8. The number of aromatic nitrogens is 2. The summed E-state index contributed by atoms with van der Waals surface area (Å²) in [6.07, 6.45) is 0.897. The van der Waals surface area contributed by atoms with Crippen LogP contribution >= 0.6 is 0 Å². The number of hydrogen-bond donors (Lipinski definition) is 3. The summed E-state index contributed by atoms with van der Waals surface area (Å²) in [5.41, 5.74) is 4.37. The second-order valence-corrected chi connectivity index (χ2v) is 10.1. The fourth-order valence-corrected chi connectivity index (χ4v) is 5.81. The van der Waals surface area contributed by atoms with Gasteiger partial charge >= 0.3 is 0 Å². The quantitative estimate of drug-likeness (QED) is 0.272. The Kier molecular flexibility index (Phi) is 7.01. The summed E-state index contributed by atoms with van der Waals surface area (Å²) < 4.78 is 22.6. The van der Waals surface area contributed by atoms with E-state index in [0.717, 1.165) is 22.4 Å². The number of benzene rings is 3. The fraction of sp³-hybridized carbons (Fsp3) is 0.250. The summed E-state index contributed by atoms with van der Waals surface area (Å²) in [5.74, 6) is 2.27. The molecule has 2 aliphatic rings. The first-order valence-electron chi connectivity index (χ1n) is 13.4. The van der Waals surface area contributed by atoms with Gasteiger partial charge in [0.25, 0.3) is 5.56 Å². The fourth-order valence-electron chi connectivity index (χ4n) is 5.81. The van der Waals surface area contributed by atoms with E-state index in [1.165, 1.54) is 0 Å². The maximum atomic E-state index is 13.9. The van der Waals surface area contributed by atoms with E-state index in [9.17, 15) is 9.59 Å².